The first-order valence-corrected chi connectivity index (χ1v) is 9.82. The summed E-state index contributed by atoms with van der Waals surface area (Å²) in [5.41, 5.74) is 4.06. The lowest BCUT2D eigenvalue weighted by molar-refractivity contribution is 0.223. The Balaban J connectivity index is 1.73. The lowest BCUT2D eigenvalue weighted by Crippen LogP contribution is -2.20. The molecule has 1 aliphatic rings. The van der Waals surface area contributed by atoms with Crippen LogP contribution in [0, 0.1) is 5.82 Å². The smallest absolute Gasteiger partial charge is 0.147 e. The number of hydrogen-bond donors (Lipinski definition) is 2. The maximum absolute atomic E-state index is 14.8. The fraction of sp³-hybridized carbons (Fsp3) is 0.182. The van der Waals surface area contributed by atoms with Crippen molar-refractivity contribution in [3.8, 4) is 28.1 Å². The van der Waals surface area contributed by atoms with Crippen molar-refractivity contribution in [2.75, 3.05) is 13.1 Å². The minimum absolute atomic E-state index is 0.0757. The van der Waals surface area contributed by atoms with Crippen LogP contribution in [0.5, 0.6) is 5.75 Å². The predicted octanol–water partition coefficient (Wildman–Crippen LogP) is 4.83. The Kier molecular flexibility index (Phi) is 4.66. The van der Waals surface area contributed by atoms with Gasteiger partial charge < -0.3 is 15.0 Å². The highest BCUT2D eigenvalue weighted by atomic mass is 35.5. The van der Waals surface area contributed by atoms with Crippen molar-refractivity contribution >= 4 is 22.6 Å². The molecule has 3 aromatic heterocycles. The molecule has 5 nitrogen and oxygen atoms in total. The van der Waals surface area contributed by atoms with Crippen LogP contribution in [0.15, 0.2) is 55.0 Å². The molecular weight excluding hydrogens is 391 g/mol. The Hall–Kier alpha value is -2.96. The maximum Gasteiger partial charge on any atom is 0.147 e. The third-order valence-corrected chi connectivity index (χ3v) is 5.35. The number of halogens is 2. The normalized spacial score (nSPS) is 16.4. The van der Waals surface area contributed by atoms with E-state index >= 15 is 0 Å². The predicted molar refractivity (Wildman–Crippen MR) is 112 cm³/mol. The van der Waals surface area contributed by atoms with Gasteiger partial charge in [-0.3, -0.25) is 9.97 Å². The summed E-state index contributed by atoms with van der Waals surface area (Å²) >= 11 is 6.19. The van der Waals surface area contributed by atoms with Crippen LogP contribution >= 0.6 is 11.6 Å². The highest BCUT2D eigenvalue weighted by Crippen LogP contribution is 2.42. The van der Waals surface area contributed by atoms with Gasteiger partial charge >= 0.3 is 0 Å². The first-order chi connectivity index (χ1) is 14.2. The average molecular weight is 409 g/mol. The molecule has 0 unspecified atom stereocenters. The number of H-pyrrole nitrogens is 1. The number of aromatic amines is 1. The number of pyridine rings is 2. The number of nitrogens with one attached hydrogen (secondary N) is 2. The summed E-state index contributed by atoms with van der Waals surface area (Å²) in [4.78, 5) is 12.1. The topological polar surface area (TPSA) is 62.8 Å². The largest absolute Gasteiger partial charge is 0.487 e. The third-order valence-electron chi connectivity index (χ3n) is 5.11. The summed E-state index contributed by atoms with van der Waals surface area (Å²) in [5.74, 6) is 0.287. The molecule has 146 valence electrons. The summed E-state index contributed by atoms with van der Waals surface area (Å²) in [6.45, 7) is 1.72. The Morgan fingerprint density at radius 2 is 2.07 bits per heavy atom. The molecule has 1 saturated heterocycles. The summed E-state index contributed by atoms with van der Waals surface area (Å²) in [5, 5.41) is 3.76. The van der Waals surface area contributed by atoms with Crippen molar-refractivity contribution in [3.05, 3.63) is 65.8 Å². The second kappa shape index (κ2) is 7.46. The summed E-state index contributed by atoms with van der Waals surface area (Å²) in [7, 11) is 0. The van der Waals surface area contributed by atoms with Crippen molar-refractivity contribution in [1.82, 2.24) is 20.3 Å². The quantitative estimate of drug-likeness (QED) is 0.508. The van der Waals surface area contributed by atoms with Crippen molar-refractivity contribution in [3.63, 3.8) is 0 Å². The molecule has 5 rings (SSSR count). The van der Waals surface area contributed by atoms with Crippen molar-refractivity contribution in [1.29, 1.82) is 0 Å². The summed E-state index contributed by atoms with van der Waals surface area (Å²) in [6, 6.07) is 10.2. The van der Waals surface area contributed by atoms with E-state index in [1.807, 2.05) is 18.2 Å². The number of benzene rings is 1. The van der Waals surface area contributed by atoms with E-state index < -0.39 is 0 Å². The average Bonchev–Trinajstić information content (AvgIpc) is 3.38. The highest BCUT2D eigenvalue weighted by Gasteiger charge is 2.23. The van der Waals surface area contributed by atoms with Crippen LogP contribution in [0.2, 0.25) is 5.02 Å². The van der Waals surface area contributed by atoms with Gasteiger partial charge in [-0.25, -0.2) is 4.39 Å². The number of nitrogens with zero attached hydrogens (tertiary/aromatic N) is 2. The number of ether oxygens (including phenoxy) is 1. The van der Waals surface area contributed by atoms with E-state index in [2.05, 4.69) is 20.3 Å². The molecule has 0 spiro atoms. The van der Waals surface area contributed by atoms with Crippen LogP contribution in [0.1, 0.15) is 6.42 Å². The van der Waals surface area contributed by atoms with Crippen LogP contribution < -0.4 is 10.1 Å². The molecule has 2 N–H and O–H groups in total. The monoisotopic (exact) mass is 408 g/mol. The molecule has 1 fully saturated rings. The summed E-state index contributed by atoms with van der Waals surface area (Å²) in [6.07, 6.45) is 6.10. The van der Waals surface area contributed by atoms with Crippen LogP contribution in [-0.4, -0.2) is 34.1 Å². The molecule has 0 saturated carbocycles. The van der Waals surface area contributed by atoms with Gasteiger partial charge in [-0.05, 0) is 49.4 Å². The molecule has 29 heavy (non-hydrogen) atoms. The number of hydrogen-bond acceptors (Lipinski definition) is 4. The van der Waals surface area contributed by atoms with E-state index in [9.17, 15) is 4.39 Å². The zero-order chi connectivity index (χ0) is 19.8. The van der Waals surface area contributed by atoms with E-state index in [0.29, 0.717) is 27.4 Å². The van der Waals surface area contributed by atoms with E-state index in [-0.39, 0.29) is 11.9 Å². The van der Waals surface area contributed by atoms with Crippen molar-refractivity contribution < 1.29 is 9.13 Å². The van der Waals surface area contributed by atoms with E-state index in [4.69, 9.17) is 16.3 Å². The zero-order valence-corrected chi connectivity index (χ0v) is 16.2. The molecule has 0 aliphatic carbocycles. The minimum Gasteiger partial charge on any atom is -0.487 e. The number of aromatic nitrogens is 3. The lowest BCUT2D eigenvalue weighted by Gasteiger charge is -2.16. The fourth-order valence-electron chi connectivity index (χ4n) is 3.76. The van der Waals surface area contributed by atoms with Crippen LogP contribution in [0.25, 0.3) is 33.4 Å². The Labute approximate surface area is 171 Å². The first-order valence-electron chi connectivity index (χ1n) is 9.44. The van der Waals surface area contributed by atoms with Gasteiger partial charge in [0.05, 0.1) is 22.9 Å². The van der Waals surface area contributed by atoms with E-state index in [1.165, 1.54) is 12.1 Å². The molecule has 0 radical (unpaired) electrons. The Morgan fingerprint density at radius 3 is 2.93 bits per heavy atom. The van der Waals surface area contributed by atoms with Crippen LogP contribution in [-0.2, 0) is 0 Å². The molecule has 1 aromatic carbocycles. The fourth-order valence-corrected chi connectivity index (χ4v) is 3.94. The van der Waals surface area contributed by atoms with Gasteiger partial charge in [-0.1, -0.05) is 11.6 Å². The Morgan fingerprint density at radius 1 is 1.14 bits per heavy atom. The van der Waals surface area contributed by atoms with Gasteiger partial charge in [0.1, 0.15) is 17.7 Å². The van der Waals surface area contributed by atoms with Gasteiger partial charge in [-0.2, -0.15) is 0 Å². The molecule has 4 heterocycles. The van der Waals surface area contributed by atoms with Gasteiger partial charge in [-0.15, -0.1) is 0 Å². The second-order valence-electron chi connectivity index (χ2n) is 7.00. The lowest BCUT2D eigenvalue weighted by atomic mass is 10.00. The highest BCUT2D eigenvalue weighted by molar-refractivity contribution is 6.31. The minimum atomic E-state index is -0.362. The van der Waals surface area contributed by atoms with Gasteiger partial charge in [0.2, 0.25) is 0 Å². The van der Waals surface area contributed by atoms with Crippen molar-refractivity contribution in [2.24, 2.45) is 0 Å². The standard InChI is InChI=1S/C22H18ClFN4O/c23-13-3-4-17(24)16(10-13)20-21(28-18-2-1-7-27-22(18)20)15-6-9-26-12-19(15)29-14-5-8-25-11-14/h1-4,6-7,9-10,12,14,25,28H,5,8,11H2/t14-/m1/s1. The Bertz CT molecular complexity index is 1190. The molecule has 0 bridgehead atoms. The first kappa shape index (κ1) is 18.1. The molecular formula is C22H18ClFN4O. The number of fused-ring (bicyclic) bond motifs is 1. The SMILES string of the molecule is Fc1ccc(Cl)cc1-c1c(-c2ccncc2O[C@@H]2CCNC2)[nH]c2cccnc12. The van der Waals surface area contributed by atoms with E-state index in [0.717, 1.165) is 36.3 Å². The van der Waals surface area contributed by atoms with Crippen LogP contribution in [0.3, 0.4) is 0 Å². The van der Waals surface area contributed by atoms with E-state index in [1.54, 1.807) is 24.7 Å². The van der Waals surface area contributed by atoms with Crippen molar-refractivity contribution in [2.45, 2.75) is 12.5 Å². The van der Waals surface area contributed by atoms with Gasteiger partial charge in [0.25, 0.3) is 0 Å². The maximum atomic E-state index is 14.8. The zero-order valence-electron chi connectivity index (χ0n) is 15.5. The molecule has 1 aliphatic heterocycles. The molecule has 4 aromatic rings. The van der Waals surface area contributed by atoms with Gasteiger partial charge in [0, 0.05) is 40.7 Å². The second-order valence-corrected chi connectivity index (χ2v) is 7.44. The van der Waals surface area contributed by atoms with Gasteiger partial charge in [0.15, 0.2) is 0 Å². The molecule has 7 heteroatoms. The molecule has 0 amide bonds. The third kappa shape index (κ3) is 3.34. The van der Waals surface area contributed by atoms with Crippen LogP contribution in [0.4, 0.5) is 4.39 Å². The molecule has 1 atom stereocenters. The number of rotatable bonds is 4. The summed E-state index contributed by atoms with van der Waals surface area (Å²) < 4.78 is 21.0.